The molecular formula is C11H19NO4. The molecule has 1 amide bonds. The smallest absolute Gasteiger partial charge is 0.410 e. The summed E-state index contributed by atoms with van der Waals surface area (Å²) < 4.78 is 5.15. The molecule has 92 valence electrons. The average Bonchev–Trinajstić information content (AvgIpc) is 1.98. The Bertz CT molecular complexity index is 300. The second-order valence-corrected chi connectivity index (χ2v) is 5.28. The molecule has 5 heteroatoms. The number of carboxylic acid groups (broad SMARTS) is 1. The highest BCUT2D eigenvalue weighted by atomic mass is 16.6. The molecule has 0 aromatic rings. The van der Waals surface area contributed by atoms with Gasteiger partial charge < -0.3 is 14.7 Å². The molecule has 0 aromatic heterocycles. The van der Waals surface area contributed by atoms with Crippen LogP contribution in [0.2, 0.25) is 0 Å². The number of carbonyl (C=O) groups is 2. The van der Waals surface area contributed by atoms with Gasteiger partial charge in [0.05, 0.1) is 0 Å². The number of hydrogen-bond donors (Lipinski definition) is 1. The molecule has 1 fully saturated rings. The summed E-state index contributed by atoms with van der Waals surface area (Å²) in [7, 11) is 0. The molecule has 0 atom stereocenters. The van der Waals surface area contributed by atoms with E-state index in [0.717, 1.165) is 0 Å². The maximum atomic E-state index is 11.6. The number of likely N-dealkylation sites (tertiary alicyclic amines) is 1. The summed E-state index contributed by atoms with van der Waals surface area (Å²) in [5.41, 5.74) is -1.30. The van der Waals surface area contributed by atoms with Crippen LogP contribution in [0.15, 0.2) is 0 Å². The monoisotopic (exact) mass is 229 g/mol. The fraction of sp³-hybridized carbons (Fsp3) is 0.818. The van der Waals surface area contributed by atoms with Crippen LogP contribution >= 0.6 is 0 Å². The molecular weight excluding hydrogens is 210 g/mol. The summed E-state index contributed by atoms with van der Waals surface area (Å²) in [5, 5.41) is 9.04. The Morgan fingerprint density at radius 3 is 2.19 bits per heavy atom. The molecule has 0 saturated carbocycles. The van der Waals surface area contributed by atoms with Gasteiger partial charge in [0.2, 0.25) is 0 Å². The number of carboxylic acids is 1. The van der Waals surface area contributed by atoms with E-state index in [9.17, 15) is 9.59 Å². The van der Waals surface area contributed by atoms with Gasteiger partial charge in [0, 0.05) is 13.1 Å². The number of amides is 1. The van der Waals surface area contributed by atoms with Gasteiger partial charge in [-0.05, 0) is 27.2 Å². The maximum absolute atomic E-state index is 11.6. The summed E-state index contributed by atoms with van der Waals surface area (Å²) in [6.45, 7) is 7.67. The Kier molecular flexibility index (Phi) is 3.17. The molecule has 5 nitrogen and oxygen atoms in total. The van der Waals surface area contributed by atoms with E-state index in [2.05, 4.69) is 0 Å². The predicted octanol–water partition coefficient (Wildman–Crippen LogP) is 1.72. The van der Waals surface area contributed by atoms with Crippen molar-refractivity contribution in [3.05, 3.63) is 0 Å². The summed E-state index contributed by atoms with van der Waals surface area (Å²) >= 11 is 0. The Balaban J connectivity index is 2.52. The van der Waals surface area contributed by atoms with Crippen molar-refractivity contribution in [3.8, 4) is 0 Å². The highest BCUT2D eigenvalue weighted by Gasteiger charge is 2.50. The quantitative estimate of drug-likeness (QED) is 0.782. The molecule has 16 heavy (non-hydrogen) atoms. The molecule has 0 radical (unpaired) electrons. The zero-order valence-electron chi connectivity index (χ0n) is 10.2. The minimum absolute atomic E-state index is 0.244. The normalized spacial score (nSPS) is 18.9. The highest BCUT2D eigenvalue weighted by molar-refractivity contribution is 5.80. The van der Waals surface area contributed by atoms with Gasteiger partial charge in [0.1, 0.15) is 11.0 Å². The van der Waals surface area contributed by atoms with Crippen LogP contribution in [0.25, 0.3) is 0 Å². The predicted molar refractivity (Wildman–Crippen MR) is 58.2 cm³/mol. The Morgan fingerprint density at radius 1 is 1.38 bits per heavy atom. The zero-order valence-corrected chi connectivity index (χ0v) is 10.2. The van der Waals surface area contributed by atoms with Crippen molar-refractivity contribution in [2.24, 2.45) is 5.41 Å². The Labute approximate surface area is 95.4 Å². The number of ether oxygens (including phenoxy) is 1. The first kappa shape index (κ1) is 12.8. The van der Waals surface area contributed by atoms with Crippen molar-refractivity contribution in [2.75, 3.05) is 13.1 Å². The Morgan fingerprint density at radius 2 is 1.88 bits per heavy atom. The number of hydrogen-bond acceptors (Lipinski definition) is 3. The molecule has 1 aliphatic heterocycles. The van der Waals surface area contributed by atoms with E-state index < -0.39 is 23.1 Å². The fourth-order valence-corrected chi connectivity index (χ4v) is 1.65. The highest BCUT2D eigenvalue weighted by Crippen LogP contribution is 2.34. The van der Waals surface area contributed by atoms with E-state index >= 15 is 0 Å². The number of nitrogens with zero attached hydrogens (tertiary/aromatic N) is 1. The topological polar surface area (TPSA) is 66.8 Å². The van der Waals surface area contributed by atoms with Gasteiger partial charge in [0.25, 0.3) is 0 Å². The van der Waals surface area contributed by atoms with E-state index in [-0.39, 0.29) is 13.1 Å². The van der Waals surface area contributed by atoms with E-state index in [4.69, 9.17) is 9.84 Å². The first-order chi connectivity index (χ1) is 7.20. The molecule has 0 bridgehead atoms. The van der Waals surface area contributed by atoms with Crippen LogP contribution in [0.5, 0.6) is 0 Å². The molecule has 0 unspecified atom stereocenters. The van der Waals surface area contributed by atoms with Crippen LogP contribution in [0.4, 0.5) is 4.79 Å². The van der Waals surface area contributed by atoms with E-state index in [1.807, 2.05) is 6.92 Å². The van der Waals surface area contributed by atoms with Gasteiger partial charge in [-0.2, -0.15) is 0 Å². The first-order valence-electron chi connectivity index (χ1n) is 5.41. The van der Waals surface area contributed by atoms with Gasteiger partial charge >= 0.3 is 12.1 Å². The van der Waals surface area contributed by atoms with Gasteiger partial charge in [-0.25, -0.2) is 4.79 Å². The summed E-state index contributed by atoms with van der Waals surface area (Å²) in [5.74, 6) is -0.838. The van der Waals surface area contributed by atoms with Crippen molar-refractivity contribution in [3.63, 3.8) is 0 Å². The first-order valence-corrected chi connectivity index (χ1v) is 5.41. The van der Waals surface area contributed by atoms with Crippen LogP contribution < -0.4 is 0 Å². The molecule has 0 aromatic carbocycles. The minimum atomic E-state index is -0.838. The van der Waals surface area contributed by atoms with Crippen LogP contribution in [0, 0.1) is 5.41 Å². The van der Waals surface area contributed by atoms with Crippen LogP contribution in [0.1, 0.15) is 34.1 Å². The van der Waals surface area contributed by atoms with E-state index in [0.29, 0.717) is 6.42 Å². The van der Waals surface area contributed by atoms with Crippen molar-refractivity contribution >= 4 is 12.1 Å². The second-order valence-electron chi connectivity index (χ2n) is 5.28. The van der Waals surface area contributed by atoms with Crippen molar-refractivity contribution in [2.45, 2.75) is 39.7 Å². The summed E-state index contributed by atoms with van der Waals surface area (Å²) in [6, 6.07) is 0. The standard InChI is InChI=1S/C11H19NO4/c1-5-11(8(13)14)6-12(7-11)9(15)16-10(2,3)4/h5-7H2,1-4H3,(H,13,14). The number of rotatable bonds is 2. The second kappa shape index (κ2) is 3.96. The van der Waals surface area contributed by atoms with Crippen LogP contribution in [0.3, 0.4) is 0 Å². The van der Waals surface area contributed by atoms with E-state index in [1.165, 1.54) is 4.90 Å². The SMILES string of the molecule is CCC1(C(=O)O)CN(C(=O)OC(C)(C)C)C1. The fourth-order valence-electron chi connectivity index (χ4n) is 1.65. The molecule has 1 aliphatic rings. The molecule has 0 spiro atoms. The molecule has 1 saturated heterocycles. The van der Waals surface area contributed by atoms with Crippen LogP contribution in [-0.4, -0.2) is 40.8 Å². The van der Waals surface area contributed by atoms with Gasteiger partial charge in [-0.1, -0.05) is 6.92 Å². The number of aliphatic carboxylic acids is 1. The third kappa shape index (κ3) is 2.46. The lowest BCUT2D eigenvalue weighted by atomic mass is 9.78. The summed E-state index contributed by atoms with van der Waals surface area (Å²) in [4.78, 5) is 24.0. The van der Waals surface area contributed by atoms with Crippen molar-refractivity contribution < 1.29 is 19.4 Å². The summed E-state index contributed by atoms with van der Waals surface area (Å²) in [6.07, 6.45) is 0.0968. The van der Waals surface area contributed by atoms with Crippen molar-refractivity contribution in [1.82, 2.24) is 4.90 Å². The maximum Gasteiger partial charge on any atom is 0.410 e. The lowest BCUT2D eigenvalue weighted by Crippen LogP contribution is -2.62. The Hall–Kier alpha value is -1.26. The lowest BCUT2D eigenvalue weighted by molar-refractivity contribution is -0.159. The number of carbonyl (C=O) groups excluding carboxylic acids is 1. The van der Waals surface area contributed by atoms with Gasteiger partial charge in [-0.15, -0.1) is 0 Å². The largest absolute Gasteiger partial charge is 0.481 e. The zero-order chi connectivity index (χ0) is 12.6. The molecule has 0 aliphatic carbocycles. The average molecular weight is 229 g/mol. The van der Waals surface area contributed by atoms with E-state index in [1.54, 1.807) is 20.8 Å². The van der Waals surface area contributed by atoms with Gasteiger partial charge in [0.15, 0.2) is 0 Å². The van der Waals surface area contributed by atoms with Crippen molar-refractivity contribution in [1.29, 1.82) is 0 Å². The van der Waals surface area contributed by atoms with Gasteiger partial charge in [-0.3, -0.25) is 4.79 Å². The molecule has 1 heterocycles. The van der Waals surface area contributed by atoms with Crippen LogP contribution in [-0.2, 0) is 9.53 Å². The lowest BCUT2D eigenvalue weighted by Gasteiger charge is -2.46. The third-order valence-corrected chi connectivity index (χ3v) is 2.77. The molecule has 1 N–H and O–H groups in total. The minimum Gasteiger partial charge on any atom is -0.481 e. The molecule has 1 rings (SSSR count). The third-order valence-electron chi connectivity index (χ3n) is 2.77.